The molecule has 5 nitrogen and oxygen atoms in total. The third-order valence-electron chi connectivity index (χ3n) is 4.95. The molecule has 2 saturated heterocycles. The number of hydrogen-bond donors (Lipinski definition) is 1. The molecule has 0 radical (unpaired) electrons. The quantitative estimate of drug-likeness (QED) is 0.903. The fourth-order valence-electron chi connectivity index (χ4n) is 3.80. The van der Waals surface area contributed by atoms with E-state index in [9.17, 15) is 9.59 Å². The van der Waals surface area contributed by atoms with E-state index < -0.39 is 0 Å². The lowest BCUT2D eigenvalue weighted by Crippen LogP contribution is -2.54. The highest BCUT2D eigenvalue weighted by Gasteiger charge is 2.44. The first-order valence-corrected chi connectivity index (χ1v) is 9.14. The summed E-state index contributed by atoms with van der Waals surface area (Å²) in [5.41, 5.74) is 0.961. The Morgan fingerprint density at radius 3 is 2.65 bits per heavy atom. The lowest BCUT2D eigenvalue weighted by atomic mass is 9.80. The van der Waals surface area contributed by atoms with E-state index in [-0.39, 0.29) is 29.6 Å². The molecule has 1 aromatic rings. The van der Waals surface area contributed by atoms with Gasteiger partial charge >= 0.3 is 0 Å². The molecule has 0 bridgehead atoms. The van der Waals surface area contributed by atoms with Crippen LogP contribution in [-0.2, 0) is 14.3 Å². The summed E-state index contributed by atoms with van der Waals surface area (Å²) in [5.74, 6) is 0.140. The molecule has 0 aromatic carbocycles. The van der Waals surface area contributed by atoms with Crippen molar-refractivity contribution in [3.8, 4) is 0 Å². The summed E-state index contributed by atoms with van der Waals surface area (Å²) in [6, 6.07) is 2.24. The van der Waals surface area contributed by atoms with Crippen LogP contribution in [0.3, 0.4) is 0 Å². The maximum absolute atomic E-state index is 11.6. The van der Waals surface area contributed by atoms with E-state index in [1.165, 1.54) is 5.56 Å². The monoisotopic (exact) mass is 336 g/mol. The number of rotatable bonds is 2. The largest absolute Gasteiger partial charge is 0.367 e. The molecule has 23 heavy (non-hydrogen) atoms. The molecule has 1 N–H and O–H groups in total. The first kappa shape index (κ1) is 16.5. The number of amides is 2. The number of nitrogens with one attached hydrogen (secondary N) is 1. The predicted molar refractivity (Wildman–Crippen MR) is 89.2 cm³/mol. The Morgan fingerprint density at radius 1 is 1.35 bits per heavy atom. The molecule has 2 aliphatic heterocycles. The van der Waals surface area contributed by atoms with Gasteiger partial charge in [-0.05, 0) is 48.1 Å². The van der Waals surface area contributed by atoms with Crippen molar-refractivity contribution >= 4 is 23.2 Å². The van der Waals surface area contributed by atoms with Crippen LogP contribution in [0.5, 0.6) is 0 Å². The molecule has 3 rings (SSSR count). The highest BCUT2D eigenvalue weighted by atomic mass is 32.1. The highest BCUT2D eigenvalue weighted by Crippen LogP contribution is 2.43. The number of carbonyl (C=O) groups is 2. The zero-order valence-electron chi connectivity index (χ0n) is 13.7. The molecule has 126 valence electrons. The summed E-state index contributed by atoms with van der Waals surface area (Å²) in [5, 5.41) is 7.27. The first-order valence-electron chi connectivity index (χ1n) is 8.20. The second kappa shape index (κ2) is 6.61. The lowest BCUT2D eigenvalue weighted by Gasteiger charge is -2.48. The molecule has 6 heteroatoms. The number of piperidine rings is 1. The molecule has 3 heterocycles. The lowest BCUT2D eigenvalue weighted by molar-refractivity contribution is -0.168. The van der Waals surface area contributed by atoms with E-state index in [1.807, 2.05) is 4.90 Å². The van der Waals surface area contributed by atoms with E-state index >= 15 is 0 Å². The SMILES string of the molecule is CC(=O)N[C@@H]1C[C@H](c2ccsc2)OC2(CCN(C(C)=O)CC2)C1. The van der Waals surface area contributed by atoms with Crippen molar-refractivity contribution in [3.05, 3.63) is 22.4 Å². The smallest absolute Gasteiger partial charge is 0.219 e. The van der Waals surface area contributed by atoms with Gasteiger partial charge in [-0.25, -0.2) is 0 Å². The van der Waals surface area contributed by atoms with Crippen molar-refractivity contribution in [2.24, 2.45) is 0 Å². The van der Waals surface area contributed by atoms with Gasteiger partial charge in [0.15, 0.2) is 0 Å². The minimum absolute atomic E-state index is 0.0114. The van der Waals surface area contributed by atoms with E-state index in [4.69, 9.17) is 4.74 Å². The Hall–Kier alpha value is -1.40. The molecule has 2 fully saturated rings. The zero-order chi connectivity index (χ0) is 16.4. The molecule has 0 unspecified atom stereocenters. The van der Waals surface area contributed by atoms with Gasteiger partial charge in [0.25, 0.3) is 0 Å². The second-order valence-corrected chi connectivity index (χ2v) is 7.47. The summed E-state index contributed by atoms with van der Waals surface area (Å²) < 4.78 is 6.52. The normalized spacial score (nSPS) is 27.0. The molecule has 1 spiro atoms. The van der Waals surface area contributed by atoms with Crippen LogP contribution < -0.4 is 5.32 Å². The van der Waals surface area contributed by atoms with Gasteiger partial charge in [0.1, 0.15) is 0 Å². The van der Waals surface area contributed by atoms with Crippen LogP contribution in [0.15, 0.2) is 16.8 Å². The van der Waals surface area contributed by atoms with Crippen LogP contribution in [0.4, 0.5) is 0 Å². The summed E-state index contributed by atoms with van der Waals surface area (Å²) in [6.07, 6.45) is 3.34. The maximum Gasteiger partial charge on any atom is 0.219 e. The number of thiophene rings is 1. The van der Waals surface area contributed by atoms with Crippen molar-refractivity contribution in [3.63, 3.8) is 0 Å². The van der Waals surface area contributed by atoms with Crippen LogP contribution in [0, 0.1) is 0 Å². The number of hydrogen-bond acceptors (Lipinski definition) is 4. The van der Waals surface area contributed by atoms with Gasteiger partial charge < -0.3 is 15.0 Å². The number of carbonyl (C=O) groups excluding carboxylic acids is 2. The minimum atomic E-state index is -0.232. The Bertz CT molecular complexity index is 564. The summed E-state index contributed by atoms with van der Waals surface area (Å²) >= 11 is 1.67. The number of nitrogens with zero attached hydrogens (tertiary/aromatic N) is 1. The van der Waals surface area contributed by atoms with Crippen LogP contribution in [-0.4, -0.2) is 41.4 Å². The van der Waals surface area contributed by atoms with Gasteiger partial charge in [-0.3, -0.25) is 9.59 Å². The molecule has 2 atom stereocenters. The van der Waals surface area contributed by atoms with E-state index in [1.54, 1.807) is 25.2 Å². The van der Waals surface area contributed by atoms with Gasteiger partial charge in [-0.15, -0.1) is 0 Å². The molecule has 1 aromatic heterocycles. The van der Waals surface area contributed by atoms with Gasteiger partial charge in [-0.2, -0.15) is 11.3 Å². The van der Waals surface area contributed by atoms with Crippen molar-refractivity contribution in [1.82, 2.24) is 10.2 Å². The van der Waals surface area contributed by atoms with Gasteiger partial charge in [0.2, 0.25) is 11.8 Å². The van der Waals surface area contributed by atoms with Crippen molar-refractivity contribution < 1.29 is 14.3 Å². The number of ether oxygens (including phenoxy) is 1. The second-order valence-electron chi connectivity index (χ2n) is 6.69. The molecule has 2 aliphatic rings. The van der Waals surface area contributed by atoms with Crippen LogP contribution in [0.25, 0.3) is 0 Å². The van der Waals surface area contributed by atoms with Crippen molar-refractivity contribution in [1.29, 1.82) is 0 Å². The third-order valence-corrected chi connectivity index (χ3v) is 5.65. The maximum atomic E-state index is 11.6. The summed E-state index contributed by atoms with van der Waals surface area (Å²) in [6.45, 7) is 4.66. The summed E-state index contributed by atoms with van der Waals surface area (Å²) in [7, 11) is 0. The first-order chi connectivity index (χ1) is 11.0. The average molecular weight is 336 g/mol. The molecular formula is C17H24N2O3S. The summed E-state index contributed by atoms with van der Waals surface area (Å²) in [4.78, 5) is 25.0. The minimum Gasteiger partial charge on any atom is -0.367 e. The zero-order valence-corrected chi connectivity index (χ0v) is 14.5. The Kier molecular flexibility index (Phi) is 4.73. The van der Waals surface area contributed by atoms with Crippen LogP contribution >= 0.6 is 11.3 Å². The van der Waals surface area contributed by atoms with E-state index in [0.717, 1.165) is 38.8 Å². The fourth-order valence-corrected chi connectivity index (χ4v) is 4.50. The van der Waals surface area contributed by atoms with E-state index in [0.29, 0.717) is 0 Å². The van der Waals surface area contributed by atoms with Crippen molar-refractivity contribution in [2.75, 3.05) is 13.1 Å². The molecule has 0 aliphatic carbocycles. The fraction of sp³-hybridized carbons (Fsp3) is 0.647. The highest BCUT2D eigenvalue weighted by molar-refractivity contribution is 7.07. The standard InChI is InChI=1S/C17H24N2O3S/c1-12(20)18-15-9-16(14-3-8-23-11-14)22-17(10-15)4-6-19(7-5-17)13(2)21/h3,8,11,15-16H,4-7,9-10H2,1-2H3,(H,18,20)/t15-,16-/m1/s1. The van der Waals surface area contributed by atoms with Crippen LogP contribution in [0.1, 0.15) is 51.2 Å². The van der Waals surface area contributed by atoms with Crippen LogP contribution in [0.2, 0.25) is 0 Å². The molecule has 0 saturated carbocycles. The Labute approximate surface area is 141 Å². The molecular weight excluding hydrogens is 312 g/mol. The number of likely N-dealkylation sites (tertiary alicyclic amines) is 1. The van der Waals surface area contributed by atoms with Crippen molar-refractivity contribution in [2.45, 2.75) is 57.3 Å². The Morgan fingerprint density at radius 2 is 2.09 bits per heavy atom. The average Bonchev–Trinajstić information content (AvgIpc) is 3.00. The van der Waals surface area contributed by atoms with Gasteiger partial charge in [0, 0.05) is 33.0 Å². The van der Waals surface area contributed by atoms with E-state index in [2.05, 4.69) is 22.1 Å². The topological polar surface area (TPSA) is 58.6 Å². The predicted octanol–water partition coefficient (Wildman–Crippen LogP) is 2.49. The molecule has 2 amide bonds. The van der Waals surface area contributed by atoms with Gasteiger partial charge in [-0.1, -0.05) is 0 Å². The third kappa shape index (κ3) is 3.75. The Balaban J connectivity index is 1.76. The van der Waals surface area contributed by atoms with Gasteiger partial charge in [0.05, 0.1) is 11.7 Å².